The third-order valence-corrected chi connectivity index (χ3v) is 4.98. The topological polar surface area (TPSA) is 46.4 Å². The van der Waals surface area contributed by atoms with Gasteiger partial charge in [-0.3, -0.25) is 9.20 Å². The maximum atomic E-state index is 12.3. The largest absolute Gasteiger partial charge is 0.349 e. The number of nitrogens with zero attached hydrogens (tertiary/aromatic N) is 2. The summed E-state index contributed by atoms with van der Waals surface area (Å²) in [6.45, 7) is 6.04. The van der Waals surface area contributed by atoms with E-state index in [-0.39, 0.29) is 11.9 Å². The van der Waals surface area contributed by atoms with E-state index in [0.717, 1.165) is 33.2 Å². The lowest BCUT2D eigenvalue weighted by Gasteiger charge is -2.10. The second-order valence-electron chi connectivity index (χ2n) is 5.44. The fraction of sp³-hybridized carbons (Fsp3) is 0.294. The summed E-state index contributed by atoms with van der Waals surface area (Å²) in [7, 11) is 0. The van der Waals surface area contributed by atoms with Gasteiger partial charge in [0.2, 0.25) is 0 Å². The van der Waals surface area contributed by atoms with E-state index in [2.05, 4.69) is 17.2 Å². The Morgan fingerprint density at radius 3 is 2.73 bits per heavy atom. The van der Waals surface area contributed by atoms with Crippen molar-refractivity contribution < 1.29 is 4.79 Å². The van der Waals surface area contributed by atoms with Gasteiger partial charge < -0.3 is 5.32 Å². The van der Waals surface area contributed by atoms with Crippen LogP contribution in [0.3, 0.4) is 0 Å². The number of imidazole rings is 1. The van der Waals surface area contributed by atoms with Crippen LogP contribution in [0, 0.1) is 6.92 Å². The summed E-state index contributed by atoms with van der Waals surface area (Å²) < 4.78 is 2.00. The van der Waals surface area contributed by atoms with Gasteiger partial charge in [0.1, 0.15) is 4.88 Å². The average Bonchev–Trinajstić information content (AvgIpc) is 3.08. The molecular formula is C17H19N3OS. The molecule has 5 heteroatoms. The Labute approximate surface area is 133 Å². The van der Waals surface area contributed by atoms with E-state index >= 15 is 0 Å². The fourth-order valence-electron chi connectivity index (χ4n) is 2.30. The molecule has 0 saturated heterocycles. The molecule has 1 atom stereocenters. The molecule has 0 aliphatic carbocycles. The van der Waals surface area contributed by atoms with E-state index < -0.39 is 0 Å². The molecule has 2 heterocycles. The van der Waals surface area contributed by atoms with Crippen molar-refractivity contribution in [1.82, 2.24) is 14.7 Å². The molecule has 1 aromatic carbocycles. The van der Waals surface area contributed by atoms with Crippen molar-refractivity contribution in [1.29, 1.82) is 0 Å². The molecule has 114 valence electrons. The lowest BCUT2D eigenvalue weighted by molar-refractivity contribution is 0.0942. The van der Waals surface area contributed by atoms with E-state index in [9.17, 15) is 4.79 Å². The fourth-order valence-corrected chi connectivity index (χ4v) is 3.31. The highest BCUT2D eigenvalue weighted by Crippen LogP contribution is 2.27. The van der Waals surface area contributed by atoms with Crippen LogP contribution in [0.1, 0.15) is 35.6 Å². The monoisotopic (exact) mass is 313 g/mol. The van der Waals surface area contributed by atoms with E-state index in [4.69, 9.17) is 0 Å². The first-order valence-electron chi connectivity index (χ1n) is 7.45. The Balaban J connectivity index is 1.95. The zero-order valence-electron chi connectivity index (χ0n) is 13.0. The predicted molar refractivity (Wildman–Crippen MR) is 90.5 cm³/mol. The van der Waals surface area contributed by atoms with Crippen molar-refractivity contribution in [3.05, 3.63) is 47.1 Å². The maximum absolute atomic E-state index is 12.3. The van der Waals surface area contributed by atoms with Crippen molar-refractivity contribution >= 4 is 22.2 Å². The van der Waals surface area contributed by atoms with Gasteiger partial charge >= 0.3 is 0 Å². The molecule has 4 nitrogen and oxygen atoms in total. The van der Waals surface area contributed by atoms with Gasteiger partial charge in [0.25, 0.3) is 5.91 Å². The lowest BCUT2D eigenvalue weighted by Crippen LogP contribution is -2.31. The summed E-state index contributed by atoms with van der Waals surface area (Å²) in [5.74, 6) is -0.0105. The third-order valence-electron chi connectivity index (χ3n) is 3.82. The van der Waals surface area contributed by atoms with Crippen LogP contribution in [0.15, 0.2) is 36.5 Å². The smallest absolute Gasteiger partial charge is 0.263 e. The van der Waals surface area contributed by atoms with Crippen LogP contribution in [0.4, 0.5) is 0 Å². The summed E-state index contributed by atoms with van der Waals surface area (Å²) in [5.41, 5.74) is 2.96. The minimum atomic E-state index is -0.0105. The van der Waals surface area contributed by atoms with Crippen molar-refractivity contribution in [3.63, 3.8) is 0 Å². The molecule has 0 aliphatic rings. The highest BCUT2D eigenvalue weighted by Gasteiger charge is 2.18. The number of aryl methyl sites for hydroxylation is 1. The number of carbonyl (C=O) groups is 1. The molecule has 3 aromatic rings. The summed E-state index contributed by atoms with van der Waals surface area (Å²) >= 11 is 1.44. The summed E-state index contributed by atoms with van der Waals surface area (Å²) in [6, 6.07) is 10.3. The van der Waals surface area contributed by atoms with Crippen LogP contribution in [0.5, 0.6) is 0 Å². The molecule has 0 spiro atoms. The SMILES string of the molecule is CCC(C)NC(=O)c1sc2nc(-c3ccccc3)cn2c1C. The number of amides is 1. The molecule has 22 heavy (non-hydrogen) atoms. The van der Waals surface area contributed by atoms with Crippen LogP contribution in [-0.2, 0) is 0 Å². The molecule has 3 rings (SSSR count). The first-order chi connectivity index (χ1) is 10.6. The normalized spacial score (nSPS) is 12.5. The number of nitrogens with one attached hydrogen (secondary N) is 1. The van der Waals surface area contributed by atoms with Crippen LogP contribution < -0.4 is 5.32 Å². The molecule has 2 aromatic heterocycles. The number of carbonyl (C=O) groups excluding carboxylic acids is 1. The Bertz CT molecular complexity index is 804. The van der Waals surface area contributed by atoms with Crippen LogP contribution in [-0.4, -0.2) is 21.3 Å². The van der Waals surface area contributed by atoms with Gasteiger partial charge in [-0.25, -0.2) is 4.98 Å². The molecule has 0 bridgehead atoms. The molecule has 1 N–H and O–H groups in total. The van der Waals surface area contributed by atoms with Gasteiger partial charge in [-0.15, -0.1) is 0 Å². The number of thiazole rings is 1. The zero-order chi connectivity index (χ0) is 15.7. The Kier molecular flexibility index (Phi) is 3.98. The molecule has 0 aliphatic heterocycles. The lowest BCUT2D eigenvalue weighted by atomic mass is 10.2. The number of hydrogen-bond donors (Lipinski definition) is 1. The van der Waals surface area contributed by atoms with Gasteiger partial charge in [0, 0.05) is 23.5 Å². The van der Waals surface area contributed by atoms with Crippen molar-refractivity contribution in [2.45, 2.75) is 33.2 Å². The van der Waals surface area contributed by atoms with Crippen LogP contribution >= 0.6 is 11.3 Å². The summed E-state index contributed by atoms with van der Waals surface area (Å²) in [5, 5.41) is 3.01. The summed E-state index contributed by atoms with van der Waals surface area (Å²) in [6.07, 6.45) is 2.92. The van der Waals surface area contributed by atoms with Crippen molar-refractivity contribution in [3.8, 4) is 11.3 Å². The number of fused-ring (bicyclic) bond motifs is 1. The van der Waals surface area contributed by atoms with Crippen LogP contribution in [0.25, 0.3) is 16.2 Å². The number of aromatic nitrogens is 2. The number of benzene rings is 1. The molecule has 0 fully saturated rings. The van der Waals surface area contributed by atoms with E-state index in [1.54, 1.807) is 0 Å². The van der Waals surface area contributed by atoms with Gasteiger partial charge in [0.15, 0.2) is 4.96 Å². The van der Waals surface area contributed by atoms with E-state index in [1.165, 1.54) is 11.3 Å². The highest BCUT2D eigenvalue weighted by molar-refractivity contribution is 7.19. The molecule has 0 saturated carbocycles. The predicted octanol–water partition coefficient (Wildman–Crippen LogP) is 3.90. The molecular weight excluding hydrogens is 294 g/mol. The minimum Gasteiger partial charge on any atom is -0.349 e. The van der Waals surface area contributed by atoms with Gasteiger partial charge in [-0.2, -0.15) is 0 Å². The Morgan fingerprint density at radius 2 is 2.09 bits per heavy atom. The molecule has 1 unspecified atom stereocenters. The van der Waals surface area contributed by atoms with E-state index in [1.807, 2.05) is 54.8 Å². The number of hydrogen-bond acceptors (Lipinski definition) is 3. The minimum absolute atomic E-state index is 0.0105. The first kappa shape index (κ1) is 14.8. The molecule has 0 radical (unpaired) electrons. The van der Waals surface area contributed by atoms with Crippen molar-refractivity contribution in [2.24, 2.45) is 0 Å². The average molecular weight is 313 g/mol. The van der Waals surface area contributed by atoms with Gasteiger partial charge in [-0.05, 0) is 20.3 Å². The zero-order valence-corrected chi connectivity index (χ0v) is 13.8. The second-order valence-corrected chi connectivity index (χ2v) is 6.42. The second kappa shape index (κ2) is 5.93. The van der Waals surface area contributed by atoms with Gasteiger partial charge in [-0.1, -0.05) is 48.6 Å². The quantitative estimate of drug-likeness (QED) is 0.794. The van der Waals surface area contributed by atoms with Crippen molar-refractivity contribution in [2.75, 3.05) is 0 Å². The summed E-state index contributed by atoms with van der Waals surface area (Å²) in [4.78, 5) is 18.6. The molecule has 1 amide bonds. The maximum Gasteiger partial charge on any atom is 0.263 e. The third kappa shape index (κ3) is 2.64. The number of rotatable bonds is 4. The Hall–Kier alpha value is -2.14. The highest BCUT2D eigenvalue weighted by atomic mass is 32.1. The van der Waals surface area contributed by atoms with Gasteiger partial charge in [0.05, 0.1) is 5.69 Å². The first-order valence-corrected chi connectivity index (χ1v) is 8.26. The van der Waals surface area contributed by atoms with Crippen LogP contribution in [0.2, 0.25) is 0 Å². The van der Waals surface area contributed by atoms with E-state index in [0.29, 0.717) is 0 Å². The Morgan fingerprint density at radius 1 is 1.36 bits per heavy atom. The standard InChI is InChI=1S/C17H19N3OS/c1-4-11(2)18-16(21)15-12(3)20-10-14(19-17(20)22-15)13-8-6-5-7-9-13/h5-11H,4H2,1-3H3,(H,18,21).